The molecule has 1 saturated heterocycles. The molecule has 1 saturated carbocycles. The minimum Gasteiger partial charge on any atom is -0.468 e. The Morgan fingerprint density at radius 3 is 2.77 bits per heavy atom. The Morgan fingerprint density at radius 2 is 2.31 bits per heavy atom. The summed E-state index contributed by atoms with van der Waals surface area (Å²) in [5.74, 6) is -0.178. The van der Waals surface area contributed by atoms with E-state index < -0.39 is 5.92 Å². The molecule has 3 nitrogen and oxygen atoms in total. The predicted molar refractivity (Wildman–Crippen MR) is 49.6 cm³/mol. The summed E-state index contributed by atoms with van der Waals surface area (Å²) in [6.45, 7) is 0. The number of thioether (sulfide) groups is 1. The van der Waals surface area contributed by atoms with Crippen LogP contribution in [0.15, 0.2) is 0 Å². The number of Topliss-reactive ketones (excluding diaryl/α,β-unsaturated/α-hetero) is 1. The van der Waals surface area contributed by atoms with E-state index in [4.69, 9.17) is 0 Å². The lowest BCUT2D eigenvalue weighted by molar-refractivity contribution is -0.148. The van der Waals surface area contributed by atoms with Gasteiger partial charge in [0.25, 0.3) is 0 Å². The molecule has 0 radical (unpaired) electrons. The summed E-state index contributed by atoms with van der Waals surface area (Å²) in [5, 5.41) is 0. The Morgan fingerprint density at radius 1 is 1.62 bits per heavy atom. The summed E-state index contributed by atoms with van der Waals surface area (Å²) >= 11 is 1.77. The zero-order chi connectivity index (χ0) is 9.47. The fraction of sp³-hybridized carbons (Fsp3) is 0.778. The summed E-state index contributed by atoms with van der Waals surface area (Å²) < 4.78 is 4.80. The van der Waals surface area contributed by atoms with Crippen molar-refractivity contribution in [3.63, 3.8) is 0 Å². The fourth-order valence-electron chi connectivity index (χ4n) is 1.65. The number of rotatable bonds is 1. The molecule has 0 aromatic carbocycles. The van der Waals surface area contributed by atoms with E-state index in [1.807, 2.05) is 0 Å². The van der Waals surface area contributed by atoms with Gasteiger partial charge < -0.3 is 4.74 Å². The minimum atomic E-state index is -0.499. The van der Waals surface area contributed by atoms with Crippen molar-refractivity contribution in [2.75, 3.05) is 12.9 Å². The van der Waals surface area contributed by atoms with E-state index in [1.165, 1.54) is 7.11 Å². The van der Waals surface area contributed by atoms with Gasteiger partial charge in [-0.15, -0.1) is 0 Å². The van der Waals surface area contributed by atoms with Crippen molar-refractivity contribution < 1.29 is 14.3 Å². The molecule has 13 heavy (non-hydrogen) atoms. The molecular weight excluding hydrogens is 188 g/mol. The second-order valence-corrected chi connectivity index (χ2v) is 5.20. The predicted octanol–water partition coefficient (Wildman–Crippen LogP) is 1.01. The summed E-state index contributed by atoms with van der Waals surface area (Å²) in [6, 6.07) is 0. The lowest BCUT2D eigenvalue weighted by Gasteiger charge is -2.24. The molecule has 1 aliphatic carbocycles. The molecule has 1 atom stereocenters. The third kappa shape index (κ3) is 1.59. The molecular formula is C9H12O3S. The fourth-order valence-corrected chi connectivity index (χ4v) is 3.12. The molecule has 4 heteroatoms. The smallest absolute Gasteiger partial charge is 0.317 e. The first kappa shape index (κ1) is 9.06. The molecule has 0 bridgehead atoms. The quantitative estimate of drug-likeness (QED) is 0.468. The van der Waals surface area contributed by atoms with Gasteiger partial charge >= 0.3 is 5.97 Å². The van der Waals surface area contributed by atoms with Crippen LogP contribution in [0, 0.1) is 5.92 Å². The van der Waals surface area contributed by atoms with Crippen LogP contribution in [0.4, 0.5) is 0 Å². The standard InChI is InChI=1S/C9H12O3S/c1-12-8(11)6-5-13-9(2-3-9)4-7(6)10/h6H,2-5H2,1H3. The summed E-state index contributed by atoms with van der Waals surface area (Å²) in [7, 11) is 1.34. The Bertz CT molecular complexity index is 258. The molecule has 1 unspecified atom stereocenters. The maximum absolute atomic E-state index is 11.5. The van der Waals surface area contributed by atoms with Crippen molar-refractivity contribution in [2.45, 2.75) is 24.0 Å². The van der Waals surface area contributed by atoms with Crippen LogP contribution in [-0.2, 0) is 14.3 Å². The highest BCUT2D eigenvalue weighted by Crippen LogP contribution is 2.54. The number of methoxy groups -OCH3 is 1. The molecule has 0 N–H and O–H groups in total. The number of ether oxygens (including phenoxy) is 1. The number of hydrogen-bond acceptors (Lipinski definition) is 4. The van der Waals surface area contributed by atoms with Gasteiger partial charge in [-0.3, -0.25) is 9.59 Å². The van der Waals surface area contributed by atoms with Crippen molar-refractivity contribution in [1.29, 1.82) is 0 Å². The molecule has 1 aliphatic heterocycles. The third-order valence-electron chi connectivity index (χ3n) is 2.73. The zero-order valence-corrected chi connectivity index (χ0v) is 8.36. The highest BCUT2D eigenvalue weighted by atomic mass is 32.2. The molecule has 0 aromatic rings. The van der Waals surface area contributed by atoms with Gasteiger partial charge in [-0.25, -0.2) is 0 Å². The first-order valence-electron chi connectivity index (χ1n) is 4.41. The number of esters is 1. The summed E-state index contributed by atoms with van der Waals surface area (Å²) in [4.78, 5) is 22.7. The lowest BCUT2D eigenvalue weighted by atomic mass is 10.0. The van der Waals surface area contributed by atoms with Gasteiger partial charge in [0.2, 0.25) is 0 Å². The third-order valence-corrected chi connectivity index (χ3v) is 4.40. The van der Waals surface area contributed by atoms with Crippen LogP contribution in [0.3, 0.4) is 0 Å². The van der Waals surface area contributed by atoms with Crippen LogP contribution in [0.1, 0.15) is 19.3 Å². The Hall–Kier alpha value is -0.510. The number of ketones is 1. The van der Waals surface area contributed by atoms with Crippen molar-refractivity contribution >= 4 is 23.5 Å². The maximum atomic E-state index is 11.5. The molecule has 1 spiro atoms. The second kappa shape index (κ2) is 3.01. The van der Waals surface area contributed by atoms with Crippen molar-refractivity contribution in [2.24, 2.45) is 5.92 Å². The zero-order valence-electron chi connectivity index (χ0n) is 7.54. The van der Waals surface area contributed by atoms with Crippen LogP contribution >= 0.6 is 11.8 Å². The first-order chi connectivity index (χ1) is 6.17. The van der Waals surface area contributed by atoms with Crippen molar-refractivity contribution in [3.8, 4) is 0 Å². The molecule has 2 aliphatic rings. The van der Waals surface area contributed by atoms with Crippen LogP contribution in [0.25, 0.3) is 0 Å². The summed E-state index contributed by atoms with van der Waals surface area (Å²) in [5.41, 5.74) is 0. The van der Waals surface area contributed by atoms with Gasteiger partial charge in [-0.05, 0) is 12.8 Å². The van der Waals surface area contributed by atoms with Crippen molar-refractivity contribution in [1.82, 2.24) is 0 Å². The van der Waals surface area contributed by atoms with Crippen LogP contribution in [0.5, 0.6) is 0 Å². The minimum absolute atomic E-state index is 0.0723. The van der Waals surface area contributed by atoms with Crippen LogP contribution in [0.2, 0.25) is 0 Å². The summed E-state index contributed by atoms with van der Waals surface area (Å²) in [6.07, 6.45) is 2.84. The highest BCUT2D eigenvalue weighted by Gasteiger charge is 2.50. The SMILES string of the molecule is COC(=O)C1CSC2(CC2)CC1=O. The van der Waals surface area contributed by atoms with Crippen LogP contribution < -0.4 is 0 Å². The van der Waals surface area contributed by atoms with E-state index in [-0.39, 0.29) is 16.5 Å². The molecule has 0 aromatic heterocycles. The van der Waals surface area contributed by atoms with Gasteiger partial charge in [0, 0.05) is 16.9 Å². The molecule has 1 heterocycles. The van der Waals surface area contributed by atoms with E-state index in [1.54, 1.807) is 11.8 Å². The van der Waals surface area contributed by atoms with Crippen molar-refractivity contribution in [3.05, 3.63) is 0 Å². The maximum Gasteiger partial charge on any atom is 0.317 e. The first-order valence-corrected chi connectivity index (χ1v) is 5.40. The topological polar surface area (TPSA) is 43.4 Å². The highest BCUT2D eigenvalue weighted by molar-refractivity contribution is 8.01. The molecule has 2 rings (SSSR count). The van der Waals surface area contributed by atoms with E-state index in [2.05, 4.69) is 4.74 Å². The van der Waals surface area contributed by atoms with Gasteiger partial charge in [-0.2, -0.15) is 11.8 Å². The number of carbonyl (C=O) groups excluding carboxylic acids is 2. The van der Waals surface area contributed by atoms with E-state index in [9.17, 15) is 9.59 Å². The number of hydrogen-bond donors (Lipinski definition) is 0. The molecule has 2 fully saturated rings. The van der Waals surface area contributed by atoms with Gasteiger partial charge in [0.1, 0.15) is 11.7 Å². The molecule has 72 valence electrons. The average molecular weight is 200 g/mol. The average Bonchev–Trinajstić information content (AvgIpc) is 2.84. The Labute approximate surface area is 81.2 Å². The monoisotopic (exact) mass is 200 g/mol. The normalized spacial score (nSPS) is 30.2. The van der Waals surface area contributed by atoms with Gasteiger partial charge in [-0.1, -0.05) is 0 Å². The Balaban J connectivity index is 2.01. The lowest BCUT2D eigenvalue weighted by Crippen LogP contribution is -2.35. The van der Waals surface area contributed by atoms with E-state index in [0.717, 1.165) is 12.8 Å². The second-order valence-electron chi connectivity index (χ2n) is 3.71. The number of carbonyl (C=O) groups is 2. The largest absolute Gasteiger partial charge is 0.468 e. The van der Waals surface area contributed by atoms with Gasteiger partial charge in [0.05, 0.1) is 7.11 Å². The van der Waals surface area contributed by atoms with Gasteiger partial charge in [0.15, 0.2) is 0 Å². The van der Waals surface area contributed by atoms with E-state index >= 15 is 0 Å². The Kier molecular flexibility index (Phi) is 2.10. The van der Waals surface area contributed by atoms with E-state index in [0.29, 0.717) is 12.2 Å². The molecule has 0 amide bonds. The van der Waals surface area contributed by atoms with Crippen LogP contribution in [-0.4, -0.2) is 29.4 Å².